The number of rotatable bonds is 7. The second kappa shape index (κ2) is 14.5. The van der Waals surface area contributed by atoms with Gasteiger partial charge in [-0.15, -0.1) is 0 Å². The van der Waals surface area contributed by atoms with Gasteiger partial charge < -0.3 is 19.1 Å². The number of hydrogen-bond donors (Lipinski definition) is 0. The molecular formula is C31H42N2O3. The highest BCUT2D eigenvalue weighted by molar-refractivity contribution is 5.91. The maximum absolute atomic E-state index is 9.96. The third-order valence-electron chi connectivity index (χ3n) is 5.94. The molecule has 5 heteroatoms. The summed E-state index contributed by atoms with van der Waals surface area (Å²) in [5.74, 6) is 0.605. The summed E-state index contributed by atoms with van der Waals surface area (Å²) in [4.78, 5) is 2.36. The number of benzene rings is 3. The van der Waals surface area contributed by atoms with E-state index in [1.54, 1.807) is 7.11 Å². The molecule has 1 fully saturated rings. The van der Waals surface area contributed by atoms with Gasteiger partial charge in [0.2, 0.25) is 0 Å². The molecule has 0 saturated carbocycles. The van der Waals surface area contributed by atoms with Gasteiger partial charge in [0.05, 0.1) is 13.2 Å². The van der Waals surface area contributed by atoms with Crippen molar-refractivity contribution in [3.05, 3.63) is 60.2 Å². The van der Waals surface area contributed by atoms with Crippen LogP contribution in [0.4, 0.5) is 5.69 Å². The number of morpholine rings is 1. The topological polar surface area (TPSA) is 54.7 Å². The summed E-state index contributed by atoms with van der Waals surface area (Å²) in [6.07, 6.45) is 0.736. The Morgan fingerprint density at radius 1 is 0.944 bits per heavy atom. The molecular weight excluding hydrogens is 448 g/mol. The summed E-state index contributed by atoms with van der Waals surface area (Å²) in [7, 11) is 1.68. The lowest BCUT2D eigenvalue weighted by Crippen LogP contribution is -2.36. The molecule has 36 heavy (non-hydrogen) atoms. The summed E-state index contributed by atoms with van der Waals surface area (Å²) < 4.78 is 16.9. The minimum atomic E-state index is -0.431. The van der Waals surface area contributed by atoms with Crippen LogP contribution >= 0.6 is 0 Å². The molecule has 1 heterocycles. The molecule has 0 aromatic heterocycles. The fourth-order valence-corrected chi connectivity index (χ4v) is 4.09. The molecule has 3 aromatic rings. The van der Waals surface area contributed by atoms with Gasteiger partial charge in [0, 0.05) is 44.5 Å². The van der Waals surface area contributed by atoms with Crippen molar-refractivity contribution in [2.24, 2.45) is 0 Å². The first-order valence-corrected chi connectivity index (χ1v) is 13.1. The van der Waals surface area contributed by atoms with Gasteiger partial charge >= 0.3 is 0 Å². The fourth-order valence-electron chi connectivity index (χ4n) is 4.09. The van der Waals surface area contributed by atoms with E-state index in [4.69, 9.17) is 14.2 Å². The van der Waals surface area contributed by atoms with E-state index in [2.05, 4.69) is 47.4 Å². The summed E-state index contributed by atoms with van der Waals surface area (Å²) in [5, 5.41) is 12.3. The van der Waals surface area contributed by atoms with Crippen LogP contribution in [0, 0.1) is 11.3 Å². The molecule has 0 radical (unpaired) electrons. The summed E-state index contributed by atoms with van der Waals surface area (Å²) in [6, 6.07) is 21.1. The van der Waals surface area contributed by atoms with E-state index < -0.39 is 5.60 Å². The number of ether oxygens (including phenoxy) is 3. The Labute approximate surface area is 217 Å². The maximum Gasteiger partial charge on any atom is 0.138 e. The third kappa shape index (κ3) is 7.46. The molecule has 0 spiro atoms. The second-order valence-electron chi connectivity index (χ2n) is 8.74. The molecule has 1 aliphatic heterocycles. The number of hydrogen-bond acceptors (Lipinski definition) is 5. The zero-order valence-corrected chi connectivity index (χ0v) is 23.1. The molecule has 1 aliphatic rings. The van der Waals surface area contributed by atoms with Crippen LogP contribution in [-0.4, -0.2) is 45.6 Å². The van der Waals surface area contributed by atoms with Gasteiger partial charge in [-0.25, -0.2) is 0 Å². The lowest BCUT2D eigenvalue weighted by molar-refractivity contribution is 0.0628. The van der Waals surface area contributed by atoms with Crippen LogP contribution < -0.4 is 9.64 Å². The Balaban J connectivity index is 0.00000109. The zero-order chi connectivity index (χ0) is 26.6. The zero-order valence-electron chi connectivity index (χ0n) is 23.1. The average molecular weight is 491 g/mol. The standard InChI is InChI=1S/C27H30N2O3.2C2H6/c1-27(2,11-14-30-3)32-26-6-4-5-24(25(26)19-28)22-8-7-21-18-23(10-9-20(21)17-22)29-12-15-31-16-13-29;2*1-2/h4-10,17-18H,11-16H2,1-3H3;2*1-2H3. The van der Waals surface area contributed by atoms with E-state index in [0.29, 0.717) is 17.9 Å². The van der Waals surface area contributed by atoms with Crippen LogP contribution in [0.2, 0.25) is 0 Å². The van der Waals surface area contributed by atoms with Gasteiger partial charge in [0.25, 0.3) is 0 Å². The molecule has 0 aliphatic carbocycles. The summed E-state index contributed by atoms with van der Waals surface area (Å²) in [5.41, 5.74) is 3.24. The highest BCUT2D eigenvalue weighted by Crippen LogP contribution is 2.35. The van der Waals surface area contributed by atoms with Crippen molar-refractivity contribution in [1.82, 2.24) is 0 Å². The predicted octanol–water partition coefficient (Wildman–Crippen LogP) is 7.46. The van der Waals surface area contributed by atoms with Crippen molar-refractivity contribution in [2.75, 3.05) is 44.9 Å². The van der Waals surface area contributed by atoms with Gasteiger partial charge in [0.15, 0.2) is 0 Å². The molecule has 0 amide bonds. The Hall–Kier alpha value is -3.07. The molecule has 194 valence electrons. The van der Waals surface area contributed by atoms with E-state index in [9.17, 15) is 5.26 Å². The smallest absolute Gasteiger partial charge is 0.138 e. The normalized spacial score (nSPS) is 13.1. The van der Waals surface area contributed by atoms with Crippen molar-refractivity contribution in [1.29, 1.82) is 5.26 Å². The quantitative estimate of drug-likeness (QED) is 0.344. The minimum absolute atomic E-state index is 0.431. The van der Waals surface area contributed by atoms with E-state index >= 15 is 0 Å². The number of fused-ring (bicyclic) bond motifs is 1. The van der Waals surface area contributed by atoms with Gasteiger partial charge in [-0.3, -0.25) is 0 Å². The fraction of sp³-hybridized carbons (Fsp3) is 0.452. The first kappa shape index (κ1) is 29.2. The summed E-state index contributed by atoms with van der Waals surface area (Å²) >= 11 is 0. The van der Waals surface area contributed by atoms with E-state index in [0.717, 1.165) is 49.2 Å². The SMILES string of the molecule is CC.CC.COCCC(C)(C)Oc1cccc(-c2ccc3cc(N4CCOCC4)ccc3c2)c1C#N. The molecule has 4 rings (SSSR count). The second-order valence-corrected chi connectivity index (χ2v) is 8.74. The van der Waals surface area contributed by atoms with Crippen molar-refractivity contribution < 1.29 is 14.2 Å². The monoisotopic (exact) mass is 490 g/mol. The lowest BCUT2D eigenvalue weighted by atomic mass is 9.96. The van der Waals surface area contributed by atoms with Crippen molar-refractivity contribution >= 4 is 16.5 Å². The van der Waals surface area contributed by atoms with Gasteiger partial charge in [-0.2, -0.15) is 5.26 Å². The van der Waals surface area contributed by atoms with Gasteiger partial charge in [-0.1, -0.05) is 58.0 Å². The highest BCUT2D eigenvalue weighted by atomic mass is 16.5. The van der Waals surface area contributed by atoms with Crippen LogP contribution in [-0.2, 0) is 9.47 Å². The number of nitrogens with zero attached hydrogens (tertiary/aromatic N) is 2. The van der Waals surface area contributed by atoms with Crippen LogP contribution in [0.5, 0.6) is 5.75 Å². The van der Waals surface area contributed by atoms with Crippen molar-refractivity contribution in [3.8, 4) is 22.9 Å². The number of nitriles is 1. The van der Waals surface area contributed by atoms with Crippen molar-refractivity contribution in [2.45, 2.75) is 53.6 Å². The molecule has 3 aromatic carbocycles. The molecule has 5 nitrogen and oxygen atoms in total. The first-order chi connectivity index (χ1) is 17.5. The van der Waals surface area contributed by atoms with Crippen LogP contribution in [0.25, 0.3) is 21.9 Å². The van der Waals surface area contributed by atoms with E-state index in [-0.39, 0.29) is 0 Å². The first-order valence-electron chi connectivity index (χ1n) is 13.1. The Bertz CT molecular complexity index is 1130. The highest BCUT2D eigenvalue weighted by Gasteiger charge is 2.22. The Morgan fingerprint density at radius 2 is 1.61 bits per heavy atom. The number of methoxy groups -OCH3 is 1. The van der Waals surface area contributed by atoms with Crippen molar-refractivity contribution in [3.63, 3.8) is 0 Å². The van der Waals surface area contributed by atoms with Gasteiger partial charge in [-0.05, 0) is 54.4 Å². The Kier molecular flexibility index (Phi) is 11.7. The predicted molar refractivity (Wildman–Crippen MR) is 151 cm³/mol. The van der Waals surface area contributed by atoms with Crippen LogP contribution in [0.15, 0.2) is 54.6 Å². The molecule has 0 bridgehead atoms. The summed E-state index contributed by atoms with van der Waals surface area (Å²) in [6.45, 7) is 16.0. The molecule has 0 N–H and O–H groups in total. The molecule has 0 atom stereocenters. The Morgan fingerprint density at radius 3 is 2.28 bits per heavy atom. The maximum atomic E-state index is 9.96. The van der Waals surface area contributed by atoms with E-state index in [1.807, 2.05) is 59.7 Å². The lowest BCUT2D eigenvalue weighted by Gasteiger charge is -2.29. The largest absolute Gasteiger partial charge is 0.486 e. The average Bonchev–Trinajstić information content (AvgIpc) is 2.93. The molecule has 1 saturated heterocycles. The molecule has 0 unspecified atom stereocenters. The van der Waals surface area contributed by atoms with Gasteiger partial charge in [0.1, 0.15) is 23.0 Å². The number of anilines is 1. The minimum Gasteiger partial charge on any atom is -0.486 e. The van der Waals surface area contributed by atoms with Crippen LogP contribution in [0.3, 0.4) is 0 Å². The van der Waals surface area contributed by atoms with E-state index in [1.165, 1.54) is 11.1 Å². The third-order valence-corrected chi connectivity index (χ3v) is 5.94. The van der Waals surface area contributed by atoms with Crippen LogP contribution in [0.1, 0.15) is 53.5 Å².